The summed E-state index contributed by atoms with van der Waals surface area (Å²) < 4.78 is 32.9. The van der Waals surface area contributed by atoms with E-state index in [2.05, 4.69) is 20.7 Å². The van der Waals surface area contributed by atoms with Gasteiger partial charge in [-0.05, 0) is 36.4 Å². The number of benzene rings is 2. The molecule has 2 aromatic rings. The number of hydrogen-bond donors (Lipinski definition) is 1. The van der Waals surface area contributed by atoms with Crippen LogP contribution in [0.25, 0.3) is 0 Å². The summed E-state index contributed by atoms with van der Waals surface area (Å²) in [5.74, 6) is 0.396. The summed E-state index contributed by atoms with van der Waals surface area (Å²) in [6.07, 6.45) is 0. The maximum absolute atomic E-state index is 12.3. The maximum atomic E-state index is 12.3. The van der Waals surface area contributed by atoms with Gasteiger partial charge in [-0.1, -0.05) is 33.6 Å². The fourth-order valence-corrected chi connectivity index (χ4v) is 3.43. The number of anilines is 1. The van der Waals surface area contributed by atoms with Gasteiger partial charge in [0.2, 0.25) is 0 Å². The molecule has 0 aliphatic rings. The third kappa shape index (κ3) is 3.45. The predicted molar refractivity (Wildman–Crippen MR) is 83.0 cm³/mol. The molecule has 7 heteroatoms. The second-order valence-corrected chi connectivity index (χ2v) is 6.94. The molecular formula is C13H11BrClNO3S. The van der Waals surface area contributed by atoms with Crippen LogP contribution in [0.4, 0.5) is 5.69 Å². The Morgan fingerprint density at radius 3 is 2.60 bits per heavy atom. The summed E-state index contributed by atoms with van der Waals surface area (Å²) in [6.45, 7) is 0. The van der Waals surface area contributed by atoms with Crippen LogP contribution in [0.2, 0.25) is 5.02 Å². The quantitative estimate of drug-likeness (QED) is 0.880. The van der Waals surface area contributed by atoms with E-state index < -0.39 is 10.0 Å². The molecule has 0 saturated heterocycles. The lowest BCUT2D eigenvalue weighted by molar-refractivity contribution is 0.417. The average Bonchev–Trinajstić information content (AvgIpc) is 2.38. The fraction of sp³-hybridized carbons (Fsp3) is 0.0769. The van der Waals surface area contributed by atoms with Crippen LogP contribution >= 0.6 is 27.5 Å². The highest BCUT2D eigenvalue weighted by molar-refractivity contribution is 9.10. The van der Waals surface area contributed by atoms with Gasteiger partial charge in [-0.3, -0.25) is 4.72 Å². The summed E-state index contributed by atoms with van der Waals surface area (Å²) in [6, 6.07) is 11.1. The van der Waals surface area contributed by atoms with Gasteiger partial charge >= 0.3 is 0 Å². The molecule has 0 heterocycles. The van der Waals surface area contributed by atoms with Crippen molar-refractivity contribution < 1.29 is 13.2 Å². The first-order valence-corrected chi connectivity index (χ1v) is 8.20. The van der Waals surface area contributed by atoms with Crippen LogP contribution in [-0.2, 0) is 10.0 Å². The van der Waals surface area contributed by atoms with Gasteiger partial charge in [0, 0.05) is 9.50 Å². The summed E-state index contributed by atoms with van der Waals surface area (Å²) in [5.41, 5.74) is 0.292. The van der Waals surface area contributed by atoms with Gasteiger partial charge in [0.1, 0.15) is 5.75 Å². The summed E-state index contributed by atoms with van der Waals surface area (Å²) >= 11 is 9.12. The van der Waals surface area contributed by atoms with E-state index in [9.17, 15) is 8.42 Å². The predicted octanol–water partition coefficient (Wildman–Crippen LogP) is 3.91. The Balaban J connectivity index is 2.40. The largest absolute Gasteiger partial charge is 0.495 e. The number of hydrogen-bond acceptors (Lipinski definition) is 3. The molecule has 1 N–H and O–H groups in total. The Labute approximate surface area is 130 Å². The summed E-state index contributed by atoms with van der Waals surface area (Å²) in [5, 5.41) is 0.415. The molecule has 0 radical (unpaired) electrons. The Morgan fingerprint density at radius 1 is 1.20 bits per heavy atom. The van der Waals surface area contributed by atoms with E-state index in [1.165, 1.54) is 25.3 Å². The van der Waals surface area contributed by atoms with Gasteiger partial charge in [-0.2, -0.15) is 0 Å². The number of ether oxygens (including phenoxy) is 1. The zero-order valence-corrected chi connectivity index (χ0v) is 13.6. The third-order valence-corrected chi connectivity index (χ3v) is 4.60. The molecular weight excluding hydrogens is 366 g/mol. The minimum absolute atomic E-state index is 0.147. The van der Waals surface area contributed by atoms with Crippen molar-refractivity contribution in [3.05, 3.63) is 52.0 Å². The Hall–Kier alpha value is -1.24. The first-order valence-electron chi connectivity index (χ1n) is 5.54. The molecule has 0 fully saturated rings. The van der Waals surface area contributed by atoms with Crippen molar-refractivity contribution >= 4 is 43.2 Å². The topological polar surface area (TPSA) is 55.4 Å². The first kappa shape index (κ1) is 15.2. The smallest absolute Gasteiger partial charge is 0.262 e. The number of sulfonamides is 1. The second kappa shape index (κ2) is 6.03. The molecule has 0 saturated carbocycles. The van der Waals surface area contributed by atoms with Crippen LogP contribution < -0.4 is 9.46 Å². The van der Waals surface area contributed by atoms with Gasteiger partial charge in [0.05, 0.1) is 17.7 Å². The minimum Gasteiger partial charge on any atom is -0.495 e. The molecule has 2 aromatic carbocycles. The number of nitrogens with one attached hydrogen (secondary N) is 1. The number of rotatable bonds is 4. The van der Waals surface area contributed by atoms with Gasteiger partial charge in [-0.25, -0.2) is 8.42 Å². The molecule has 0 unspecified atom stereocenters. The van der Waals surface area contributed by atoms with E-state index >= 15 is 0 Å². The molecule has 106 valence electrons. The van der Waals surface area contributed by atoms with E-state index in [0.29, 0.717) is 20.9 Å². The van der Waals surface area contributed by atoms with Gasteiger partial charge < -0.3 is 4.74 Å². The molecule has 20 heavy (non-hydrogen) atoms. The highest BCUT2D eigenvalue weighted by atomic mass is 79.9. The summed E-state index contributed by atoms with van der Waals surface area (Å²) in [7, 11) is -2.25. The molecule has 0 aromatic heterocycles. The Morgan fingerprint density at radius 2 is 1.95 bits per heavy atom. The van der Waals surface area contributed by atoms with E-state index in [1.54, 1.807) is 24.3 Å². The van der Waals surface area contributed by atoms with Crippen molar-refractivity contribution in [2.24, 2.45) is 0 Å². The second-order valence-electron chi connectivity index (χ2n) is 3.91. The van der Waals surface area contributed by atoms with Crippen molar-refractivity contribution in [3.63, 3.8) is 0 Å². The molecule has 0 aliphatic heterocycles. The zero-order chi connectivity index (χ0) is 14.8. The SMILES string of the molecule is COc1ccc(Cl)cc1NS(=O)(=O)c1cccc(Br)c1. The van der Waals surface area contributed by atoms with Crippen LogP contribution in [0.3, 0.4) is 0 Å². The third-order valence-electron chi connectivity index (χ3n) is 2.51. The molecule has 0 atom stereocenters. The highest BCUT2D eigenvalue weighted by Gasteiger charge is 2.17. The lowest BCUT2D eigenvalue weighted by atomic mass is 10.3. The lowest BCUT2D eigenvalue weighted by Crippen LogP contribution is -2.13. The van der Waals surface area contributed by atoms with E-state index in [-0.39, 0.29) is 4.90 Å². The van der Waals surface area contributed by atoms with Crippen LogP contribution in [0.1, 0.15) is 0 Å². The molecule has 2 rings (SSSR count). The highest BCUT2D eigenvalue weighted by Crippen LogP contribution is 2.30. The lowest BCUT2D eigenvalue weighted by Gasteiger charge is -2.12. The van der Waals surface area contributed by atoms with Crippen molar-refractivity contribution in [2.45, 2.75) is 4.90 Å². The Bertz CT molecular complexity index is 734. The monoisotopic (exact) mass is 375 g/mol. The maximum Gasteiger partial charge on any atom is 0.262 e. The van der Waals surface area contributed by atoms with E-state index in [4.69, 9.17) is 16.3 Å². The van der Waals surface area contributed by atoms with Crippen molar-refractivity contribution in [1.29, 1.82) is 0 Å². The molecule has 0 spiro atoms. The summed E-state index contributed by atoms with van der Waals surface area (Å²) in [4.78, 5) is 0.147. The van der Waals surface area contributed by atoms with E-state index in [1.807, 2.05) is 0 Å². The van der Waals surface area contributed by atoms with Crippen molar-refractivity contribution in [2.75, 3.05) is 11.8 Å². The zero-order valence-electron chi connectivity index (χ0n) is 10.4. The van der Waals surface area contributed by atoms with Gasteiger partial charge in [-0.15, -0.1) is 0 Å². The van der Waals surface area contributed by atoms with Gasteiger partial charge in [0.25, 0.3) is 10.0 Å². The molecule has 0 bridgehead atoms. The average molecular weight is 377 g/mol. The normalized spacial score (nSPS) is 11.2. The van der Waals surface area contributed by atoms with Crippen molar-refractivity contribution in [3.8, 4) is 5.75 Å². The van der Waals surface area contributed by atoms with Crippen LogP contribution in [0.15, 0.2) is 51.8 Å². The number of methoxy groups -OCH3 is 1. The van der Waals surface area contributed by atoms with Crippen LogP contribution in [0.5, 0.6) is 5.75 Å². The molecule has 0 aliphatic carbocycles. The van der Waals surface area contributed by atoms with E-state index in [0.717, 1.165) is 0 Å². The van der Waals surface area contributed by atoms with Gasteiger partial charge in [0.15, 0.2) is 0 Å². The van der Waals surface area contributed by atoms with Crippen LogP contribution in [-0.4, -0.2) is 15.5 Å². The molecule has 0 amide bonds. The standard InChI is InChI=1S/C13H11BrClNO3S/c1-19-13-6-5-10(15)8-12(13)16-20(17,18)11-4-2-3-9(14)7-11/h2-8,16H,1H3. The Kier molecular flexibility index (Phi) is 4.57. The minimum atomic E-state index is -3.70. The first-order chi connectivity index (χ1) is 9.42. The number of halogens is 2. The van der Waals surface area contributed by atoms with Crippen LogP contribution in [0, 0.1) is 0 Å². The fourth-order valence-electron chi connectivity index (χ4n) is 1.60. The molecule has 4 nitrogen and oxygen atoms in total. The van der Waals surface area contributed by atoms with Crippen molar-refractivity contribution in [1.82, 2.24) is 0 Å².